The highest BCUT2D eigenvalue weighted by Gasteiger charge is 2.28. The summed E-state index contributed by atoms with van der Waals surface area (Å²) in [7, 11) is 0. The maximum Gasteiger partial charge on any atom is 0.347 e. The van der Waals surface area contributed by atoms with Crippen molar-refractivity contribution in [1.82, 2.24) is 29.0 Å². The summed E-state index contributed by atoms with van der Waals surface area (Å²) in [6.45, 7) is 5.24. The molecule has 0 radical (unpaired) electrons. The van der Waals surface area contributed by atoms with Crippen LogP contribution in [0.4, 0.5) is 0 Å². The number of likely N-dealkylation sites (tertiary alicyclic amines) is 1. The molecule has 0 spiro atoms. The van der Waals surface area contributed by atoms with Crippen molar-refractivity contribution in [3.05, 3.63) is 81.9 Å². The Morgan fingerprint density at radius 2 is 1.84 bits per heavy atom. The monoisotopic (exact) mass is 430 g/mol. The van der Waals surface area contributed by atoms with Crippen LogP contribution in [-0.4, -0.2) is 48.0 Å². The van der Waals surface area contributed by atoms with E-state index in [1.54, 1.807) is 4.57 Å². The van der Waals surface area contributed by atoms with Crippen LogP contribution in [0.2, 0.25) is 0 Å². The molecule has 1 N–H and O–H groups in total. The van der Waals surface area contributed by atoms with Gasteiger partial charge >= 0.3 is 5.69 Å². The van der Waals surface area contributed by atoms with E-state index in [1.807, 2.05) is 71.8 Å². The summed E-state index contributed by atoms with van der Waals surface area (Å²) >= 11 is 0. The third-order valence-electron chi connectivity index (χ3n) is 6.38. The van der Waals surface area contributed by atoms with Crippen LogP contribution in [-0.2, 0) is 6.42 Å². The largest absolute Gasteiger partial charge is 0.347 e. The first-order chi connectivity index (χ1) is 15.5. The fraction of sp³-hybridized carbons (Fsp3) is 0.333. The molecule has 0 unspecified atom stereocenters. The summed E-state index contributed by atoms with van der Waals surface area (Å²) < 4.78 is 3.54. The van der Waals surface area contributed by atoms with E-state index in [-0.39, 0.29) is 11.6 Å². The number of pyridine rings is 1. The molecule has 5 rings (SSSR count). The topological polar surface area (TPSA) is 88.3 Å². The van der Waals surface area contributed by atoms with Gasteiger partial charge < -0.3 is 4.90 Å². The van der Waals surface area contributed by atoms with Crippen molar-refractivity contribution in [3.8, 4) is 5.69 Å². The third-order valence-corrected chi connectivity index (χ3v) is 6.38. The lowest BCUT2D eigenvalue weighted by molar-refractivity contribution is 0.0682. The van der Waals surface area contributed by atoms with E-state index in [4.69, 9.17) is 0 Å². The van der Waals surface area contributed by atoms with E-state index in [2.05, 4.69) is 15.2 Å². The highest BCUT2D eigenvalue weighted by Crippen LogP contribution is 2.24. The maximum atomic E-state index is 13.2. The Morgan fingerprint density at radius 3 is 2.62 bits per heavy atom. The van der Waals surface area contributed by atoms with Crippen molar-refractivity contribution in [3.63, 3.8) is 0 Å². The first-order valence-corrected chi connectivity index (χ1v) is 11.0. The summed E-state index contributed by atoms with van der Waals surface area (Å²) in [6.07, 6.45) is 4.33. The van der Waals surface area contributed by atoms with Gasteiger partial charge in [-0.2, -0.15) is 5.10 Å². The minimum absolute atomic E-state index is 0.0243. The molecule has 8 nitrogen and oxygen atoms in total. The van der Waals surface area contributed by atoms with Crippen LogP contribution in [0.15, 0.2) is 53.5 Å². The molecule has 0 atom stereocenters. The number of nitrogens with one attached hydrogen (secondary N) is 1. The Bertz CT molecular complexity index is 1340. The summed E-state index contributed by atoms with van der Waals surface area (Å²) in [5.74, 6) is 1.13. The number of aromatic amines is 1. The van der Waals surface area contributed by atoms with Gasteiger partial charge in [0.1, 0.15) is 17.2 Å². The number of para-hydroxylation sites is 1. The molecule has 32 heavy (non-hydrogen) atoms. The second kappa shape index (κ2) is 8.11. The summed E-state index contributed by atoms with van der Waals surface area (Å²) in [5, 5.41) is 6.91. The summed E-state index contributed by atoms with van der Waals surface area (Å²) in [4.78, 5) is 32.1. The molecule has 4 aromatic rings. The summed E-state index contributed by atoms with van der Waals surface area (Å²) in [5.41, 5.74) is 3.85. The average molecular weight is 431 g/mol. The Hall–Kier alpha value is -3.68. The van der Waals surface area contributed by atoms with E-state index in [1.165, 1.54) is 0 Å². The number of hydrogen-bond acceptors (Lipinski definition) is 4. The first kappa shape index (κ1) is 20.2. The molecular formula is C24H26N6O2. The van der Waals surface area contributed by atoms with Crippen molar-refractivity contribution in [2.45, 2.75) is 33.1 Å². The van der Waals surface area contributed by atoms with Crippen LogP contribution >= 0.6 is 0 Å². The Labute approximate surface area is 185 Å². The second-order valence-corrected chi connectivity index (χ2v) is 8.48. The van der Waals surface area contributed by atoms with Crippen LogP contribution in [0.1, 0.15) is 40.4 Å². The number of imidazole rings is 1. The molecule has 0 bridgehead atoms. The van der Waals surface area contributed by atoms with Gasteiger partial charge in [-0.25, -0.2) is 19.4 Å². The molecule has 1 fully saturated rings. The number of amides is 1. The van der Waals surface area contributed by atoms with Gasteiger partial charge in [0.15, 0.2) is 0 Å². The zero-order valence-electron chi connectivity index (χ0n) is 18.3. The molecule has 0 saturated carbocycles. The molecule has 1 aromatic carbocycles. The van der Waals surface area contributed by atoms with Gasteiger partial charge in [-0.15, -0.1) is 0 Å². The molecule has 3 aromatic heterocycles. The predicted molar refractivity (Wildman–Crippen MR) is 121 cm³/mol. The molecule has 8 heteroatoms. The lowest BCUT2D eigenvalue weighted by atomic mass is 9.93. The lowest BCUT2D eigenvalue weighted by Gasteiger charge is -2.32. The molecule has 164 valence electrons. The van der Waals surface area contributed by atoms with Crippen LogP contribution in [0.3, 0.4) is 0 Å². The number of carbonyl (C=O) groups is 1. The van der Waals surface area contributed by atoms with E-state index in [9.17, 15) is 9.59 Å². The van der Waals surface area contributed by atoms with Gasteiger partial charge in [-0.3, -0.25) is 9.20 Å². The molecule has 1 aliphatic rings. The highest BCUT2D eigenvalue weighted by atomic mass is 16.2. The first-order valence-electron chi connectivity index (χ1n) is 11.0. The minimum atomic E-state index is -0.218. The van der Waals surface area contributed by atoms with Crippen molar-refractivity contribution < 1.29 is 4.79 Å². The Kier molecular flexibility index (Phi) is 5.13. The molecule has 1 saturated heterocycles. The maximum absolute atomic E-state index is 13.2. The van der Waals surface area contributed by atoms with Crippen LogP contribution < -0.4 is 5.69 Å². The van der Waals surface area contributed by atoms with E-state index in [0.29, 0.717) is 31.1 Å². The third kappa shape index (κ3) is 3.51. The zero-order chi connectivity index (χ0) is 22.2. The minimum Gasteiger partial charge on any atom is -0.337 e. The molecule has 4 heterocycles. The molecular weight excluding hydrogens is 404 g/mol. The smallest absolute Gasteiger partial charge is 0.337 e. The van der Waals surface area contributed by atoms with Gasteiger partial charge in [0.25, 0.3) is 5.91 Å². The number of H-pyrrole nitrogens is 1. The highest BCUT2D eigenvalue weighted by molar-refractivity contribution is 5.94. The van der Waals surface area contributed by atoms with Gasteiger partial charge in [0.2, 0.25) is 0 Å². The van der Waals surface area contributed by atoms with Gasteiger partial charge in [0, 0.05) is 25.7 Å². The van der Waals surface area contributed by atoms with Crippen molar-refractivity contribution in [2.75, 3.05) is 13.1 Å². The van der Waals surface area contributed by atoms with Gasteiger partial charge in [-0.1, -0.05) is 24.3 Å². The Balaban J connectivity index is 1.30. The standard InChI is InChI=1S/C24H26N6O2/c1-16-7-3-4-8-19(16)30-21(26-27-24(30)32)15-18-10-13-28(14-11-18)23(31)22-17(2)25-20-9-5-6-12-29(20)22/h3-9,12,18H,10-11,13-15H2,1-2H3,(H,27,32). The quantitative estimate of drug-likeness (QED) is 0.539. The lowest BCUT2D eigenvalue weighted by Crippen LogP contribution is -2.39. The number of piperidine rings is 1. The molecule has 1 amide bonds. The average Bonchev–Trinajstić information content (AvgIpc) is 3.33. The number of aryl methyl sites for hydroxylation is 2. The Morgan fingerprint density at radius 1 is 1.09 bits per heavy atom. The number of rotatable bonds is 4. The normalized spacial score (nSPS) is 14.9. The SMILES string of the molecule is Cc1ccccc1-n1c(CC2CCN(C(=O)c3c(C)nc4ccccn34)CC2)n[nH]c1=O. The fourth-order valence-electron chi connectivity index (χ4n) is 4.65. The number of hydrogen-bond donors (Lipinski definition) is 1. The van der Waals surface area contributed by atoms with Crippen molar-refractivity contribution >= 4 is 11.6 Å². The fourth-order valence-corrected chi connectivity index (χ4v) is 4.65. The summed E-state index contributed by atoms with van der Waals surface area (Å²) in [6, 6.07) is 13.6. The van der Waals surface area contributed by atoms with E-state index in [0.717, 1.165) is 41.3 Å². The number of fused-ring (bicyclic) bond motifs is 1. The number of nitrogens with zero attached hydrogens (tertiary/aromatic N) is 5. The van der Waals surface area contributed by atoms with Crippen molar-refractivity contribution in [2.24, 2.45) is 5.92 Å². The van der Waals surface area contributed by atoms with E-state index >= 15 is 0 Å². The van der Waals surface area contributed by atoms with E-state index < -0.39 is 0 Å². The number of aromatic nitrogens is 5. The zero-order valence-corrected chi connectivity index (χ0v) is 18.3. The predicted octanol–water partition coefficient (Wildman–Crippen LogP) is 2.92. The van der Waals surface area contributed by atoms with Gasteiger partial charge in [0.05, 0.1) is 11.4 Å². The molecule has 1 aliphatic heterocycles. The van der Waals surface area contributed by atoms with Crippen LogP contribution in [0.25, 0.3) is 11.3 Å². The number of benzene rings is 1. The van der Waals surface area contributed by atoms with Crippen LogP contribution in [0.5, 0.6) is 0 Å². The molecule has 0 aliphatic carbocycles. The second-order valence-electron chi connectivity index (χ2n) is 8.48. The van der Waals surface area contributed by atoms with Gasteiger partial charge in [-0.05, 0) is 56.4 Å². The van der Waals surface area contributed by atoms with Crippen molar-refractivity contribution in [1.29, 1.82) is 0 Å². The number of carbonyl (C=O) groups excluding carboxylic acids is 1. The van der Waals surface area contributed by atoms with Crippen LogP contribution in [0, 0.1) is 19.8 Å².